The molecule has 0 aliphatic rings. The first-order chi connectivity index (χ1) is 8.43. The maximum absolute atomic E-state index is 3.45. The van der Waals surface area contributed by atoms with Gasteiger partial charge in [0.05, 0.1) is 10.9 Å². The Balaban J connectivity index is 2.38. The maximum Gasteiger partial charge on any atom is 0.220 e. The van der Waals surface area contributed by atoms with Gasteiger partial charge in [0.1, 0.15) is 0 Å². The van der Waals surface area contributed by atoms with E-state index in [2.05, 4.69) is 52.4 Å². The van der Waals surface area contributed by atoms with Crippen LogP contribution in [0.4, 0.5) is 0 Å². The Labute approximate surface area is 97.9 Å². The van der Waals surface area contributed by atoms with Gasteiger partial charge in [0, 0.05) is 22.4 Å². The van der Waals surface area contributed by atoms with E-state index in [9.17, 15) is 0 Å². The summed E-state index contributed by atoms with van der Waals surface area (Å²) >= 11 is 0. The van der Waals surface area contributed by atoms with Gasteiger partial charge in [-0.1, -0.05) is 18.2 Å². The molecule has 2 nitrogen and oxygen atoms in total. The standard InChI is InChI=1S/C15H10N2/c1-2-6-12-11(5-1)14-13(17-12)8-7-10-4-3-9-16-15(10)14/h1-9,17H/p+1. The van der Waals surface area contributed by atoms with E-state index in [-0.39, 0.29) is 0 Å². The Hall–Kier alpha value is -2.35. The Bertz CT molecular complexity index is 837. The minimum atomic E-state index is 1.18. The molecule has 2 aromatic carbocycles. The van der Waals surface area contributed by atoms with E-state index < -0.39 is 0 Å². The van der Waals surface area contributed by atoms with Crippen molar-refractivity contribution in [1.82, 2.24) is 4.98 Å². The zero-order valence-electron chi connectivity index (χ0n) is 9.20. The number of nitrogens with one attached hydrogen (secondary N) is 2. The van der Waals surface area contributed by atoms with Crippen LogP contribution < -0.4 is 4.98 Å². The van der Waals surface area contributed by atoms with Gasteiger partial charge in [-0.2, -0.15) is 0 Å². The highest BCUT2D eigenvalue weighted by Gasteiger charge is 2.11. The molecular formula is C15H11N2+. The fourth-order valence-electron chi connectivity index (χ4n) is 2.54. The molecule has 2 N–H and O–H groups in total. The van der Waals surface area contributed by atoms with Gasteiger partial charge >= 0.3 is 0 Å². The third-order valence-corrected chi connectivity index (χ3v) is 3.30. The Morgan fingerprint density at radius 1 is 0.824 bits per heavy atom. The minimum Gasteiger partial charge on any atom is -0.354 e. The van der Waals surface area contributed by atoms with E-state index in [4.69, 9.17) is 0 Å². The lowest BCUT2D eigenvalue weighted by Crippen LogP contribution is -2.01. The van der Waals surface area contributed by atoms with Gasteiger partial charge in [-0.15, -0.1) is 0 Å². The van der Waals surface area contributed by atoms with Gasteiger partial charge in [-0.3, -0.25) is 0 Å². The van der Waals surface area contributed by atoms with Gasteiger partial charge in [-0.05, 0) is 24.3 Å². The number of pyridine rings is 1. The smallest absolute Gasteiger partial charge is 0.220 e. The van der Waals surface area contributed by atoms with Gasteiger partial charge in [0.2, 0.25) is 5.52 Å². The molecule has 0 spiro atoms. The van der Waals surface area contributed by atoms with Crippen molar-refractivity contribution in [2.45, 2.75) is 0 Å². The molecule has 0 fully saturated rings. The summed E-state index contributed by atoms with van der Waals surface area (Å²) in [6.45, 7) is 0. The minimum absolute atomic E-state index is 1.18. The first-order valence-electron chi connectivity index (χ1n) is 5.73. The number of hydrogen-bond acceptors (Lipinski definition) is 0. The fraction of sp³-hybridized carbons (Fsp3) is 0. The van der Waals surface area contributed by atoms with Crippen molar-refractivity contribution in [2.24, 2.45) is 0 Å². The zero-order valence-corrected chi connectivity index (χ0v) is 9.20. The highest BCUT2D eigenvalue weighted by Crippen LogP contribution is 2.29. The van der Waals surface area contributed by atoms with E-state index in [0.717, 1.165) is 0 Å². The van der Waals surface area contributed by atoms with Crippen LogP contribution in [0.1, 0.15) is 0 Å². The van der Waals surface area contributed by atoms with Gasteiger partial charge in [-0.25, -0.2) is 4.98 Å². The van der Waals surface area contributed by atoms with Crippen LogP contribution in [0, 0.1) is 0 Å². The molecule has 0 saturated heterocycles. The van der Waals surface area contributed by atoms with Crippen LogP contribution in [0.25, 0.3) is 32.7 Å². The predicted octanol–water partition coefficient (Wildman–Crippen LogP) is 3.29. The molecule has 17 heavy (non-hydrogen) atoms. The monoisotopic (exact) mass is 219 g/mol. The lowest BCUT2D eigenvalue weighted by Gasteiger charge is -1.93. The van der Waals surface area contributed by atoms with Crippen LogP contribution in [0.3, 0.4) is 0 Å². The summed E-state index contributed by atoms with van der Waals surface area (Å²) in [4.78, 5) is 6.80. The number of benzene rings is 2. The molecular weight excluding hydrogens is 208 g/mol. The number of aromatic amines is 2. The maximum atomic E-state index is 3.45. The van der Waals surface area contributed by atoms with Crippen LogP contribution in [-0.4, -0.2) is 4.98 Å². The number of rotatable bonds is 0. The molecule has 0 aliphatic carbocycles. The summed E-state index contributed by atoms with van der Waals surface area (Å²) < 4.78 is 0. The second-order valence-corrected chi connectivity index (χ2v) is 4.29. The molecule has 2 aromatic heterocycles. The molecule has 0 amide bonds. The van der Waals surface area contributed by atoms with E-state index in [1.807, 2.05) is 12.3 Å². The SMILES string of the molecule is c1c[nH+]c2c(c1)ccc1[nH]c3ccccc3c12. The molecule has 0 bridgehead atoms. The first-order valence-corrected chi connectivity index (χ1v) is 5.73. The van der Waals surface area contributed by atoms with Crippen molar-refractivity contribution in [3.05, 3.63) is 54.7 Å². The summed E-state index contributed by atoms with van der Waals surface area (Å²) in [6.07, 6.45) is 1.98. The van der Waals surface area contributed by atoms with Gasteiger partial charge < -0.3 is 4.98 Å². The summed E-state index contributed by atoms with van der Waals surface area (Å²) in [7, 11) is 0. The normalized spacial score (nSPS) is 11.5. The number of para-hydroxylation sites is 1. The van der Waals surface area contributed by atoms with Crippen LogP contribution in [0.5, 0.6) is 0 Å². The summed E-state index contributed by atoms with van der Waals surface area (Å²) in [5.74, 6) is 0. The molecule has 0 radical (unpaired) electrons. The lowest BCUT2D eigenvalue weighted by molar-refractivity contribution is -0.343. The van der Waals surface area contributed by atoms with E-state index in [1.165, 1.54) is 32.7 Å². The van der Waals surface area contributed by atoms with E-state index >= 15 is 0 Å². The van der Waals surface area contributed by atoms with Crippen molar-refractivity contribution in [1.29, 1.82) is 0 Å². The average molecular weight is 219 g/mol. The third kappa shape index (κ3) is 1.12. The quantitative estimate of drug-likeness (QED) is 0.470. The topological polar surface area (TPSA) is 29.9 Å². The van der Waals surface area contributed by atoms with E-state index in [1.54, 1.807) is 0 Å². The lowest BCUT2D eigenvalue weighted by atomic mass is 10.1. The van der Waals surface area contributed by atoms with Crippen molar-refractivity contribution >= 4 is 32.7 Å². The number of hydrogen-bond donors (Lipinski definition) is 1. The van der Waals surface area contributed by atoms with Crippen molar-refractivity contribution in [2.75, 3.05) is 0 Å². The molecule has 2 heterocycles. The summed E-state index contributed by atoms with van der Waals surface area (Å²) in [5.41, 5.74) is 3.57. The summed E-state index contributed by atoms with van der Waals surface area (Å²) in [5, 5.41) is 3.79. The molecule has 0 saturated carbocycles. The number of H-pyrrole nitrogens is 2. The largest absolute Gasteiger partial charge is 0.354 e. The van der Waals surface area contributed by atoms with Crippen LogP contribution in [0.2, 0.25) is 0 Å². The Morgan fingerprint density at radius 3 is 2.76 bits per heavy atom. The number of fused-ring (bicyclic) bond motifs is 5. The summed E-state index contributed by atoms with van der Waals surface area (Å²) in [6, 6.07) is 16.9. The molecule has 0 aliphatic heterocycles. The molecule has 2 heteroatoms. The molecule has 0 atom stereocenters. The molecule has 4 aromatic rings. The highest BCUT2D eigenvalue weighted by molar-refractivity contribution is 6.17. The second-order valence-electron chi connectivity index (χ2n) is 4.29. The zero-order chi connectivity index (χ0) is 11.2. The van der Waals surface area contributed by atoms with Crippen molar-refractivity contribution in [3.63, 3.8) is 0 Å². The van der Waals surface area contributed by atoms with Crippen molar-refractivity contribution < 1.29 is 4.98 Å². The molecule has 0 unspecified atom stereocenters. The number of aromatic nitrogens is 2. The molecule has 4 rings (SSSR count). The highest BCUT2D eigenvalue weighted by atomic mass is 14.7. The second kappa shape index (κ2) is 3.08. The molecule has 80 valence electrons. The predicted molar refractivity (Wildman–Crippen MR) is 69.9 cm³/mol. The fourth-order valence-corrected chi connectivity index (χ4v) is 2.54. The average Bonchev–Trinajstić information content (AvgIpc) is 2.77. The Morgan fingerprint density at radius 2 is 1.76 bits per heavy atom. The van der Waals surface area contributed by atoms with Crippen LogP contribution in [-0.2, 0) is 0 Å². The van der Waals surface area contributed by atoms with E-state index in [0.29, 0.717) is 0 Å². The van der Waals surface area contributed by atoms with Crippen LogP contribution in [0.15, 0.2) is 54.7 Å². The van der Waals surface area contributed by atoms with Crippen molar-refractivity contribution in [3.8, 4) is 0 Å². The third-order valence-electron chi connectivity index (χ3n) is 3.30. The van der Waals surface area contributed by atoms with Gasteiger partial charge in [0.25, 0.3) is 0 Å². The van der Waals surface area contributed by atoms with Crippen LogP contribution >= 0.6 is 0 Å². The Kier molecular flexibility index (Phi) is 1.59. The first kappa shape index (κ1) is 8.76. The van der Waals surface area contributed by atoms with Gasteiger partial charge in [0.15, 0.2) is 6.20 Å².